The first-order valence-electron chi connectivity index (χ1n) is 8.69. The Labute approximate surface area is 131 Å². The zero-order valence-corrected chi connectivity index (χ0v) is 14.5. The number of hydrogen-bond acceptors (Lipinski definition) is 4. The summed E-state index contributed by atoms with van der Waals surface area (Å²) in [7, 11) is 0. The van der Waals surface area contributed by atoms with E-state index in [0.29, 0.717) is 6.04 Å². The second kappa shape index (κ2) is 9.40. The van der Waals surface area contributed by atoms with Gasteiger partial charge in [0, 0.05) is 32.2 Å². The summed E-state index contributed by atoms with van der Waals surface area (Å²) in [6.45, 7) is 15.7. The minimum atomic E-state index is -0.335. The maximum absolute atomic E-state index is 9.52. The van der Waals surface area contributed by atoms with Gasteiger partial charge in [-0.25, -0.2) is 0 Å². The lowest BCUT2D eigenvalue weighted by atomic mass is 9.91. The van der Waals surface area contributed by atoms with Gasteiger partial charge in [-0.3, -0.25) is 5.32 Å². The summed E-state index contributed by atoms with van der Waals surface area (Å²) < 4.78 is 0. The monoisotopic (exact) mass is 294 g/mol. The van der Waals surface area contributed by atoms with Crippen LogP contribution in [0.5, 0.6) is 0 Å². The Balaban J connectivity index is 2.30. The lowest BCUT2D eigenvalue weighted by Crippen LogP contribution is -2.49. The van der Waals surface area contributed by atoms with Crippen molar-refractivity contribution >= 4 is 0 Å². The van der Waals surface area contributed by atoms with Gasteiger partial charge in [-0.1, -0.05) is 13.8 Å². The minimum Gasteiger partial charge on any atom is -0.301 e. The Hall–Kier alpha value is -0.630. The van der Waals surface area contributed by atoms with E-state index in [4.69, 9.17) is 0 Å². The highest BCUT2D eigenvalue weighted by molar-refractivity contribution is 5.06. The van der Waals surface area contributed by atoms with E-state index < -0.39 is 0 Å². The van der Waals surface area contributed by atoms with Crippen molar-refractivity contribution in [2.75, 3.05) is 39.3 Å². The molecule has 1 atom stereocenters. The van der Waals surface area contributed by atoms with Crippen LogP contribution < -0.4 is 5.32 Å². The Morgan fingerprint density at radius 2 is 1.67 bits per heavy atom. The average Bonchev–Trinajstić information content (AvgIpc) is 2.48. The third-order valence-electron chi connectivity index (χ3n) is 4.47. The molecule has 0 radical (unpaired) electrons. The van der Waals surface area contributed by atoms with E-state index in [1.165, 1.54) is 39.1 Å². The first kappa shape index (κ1) is 18.4. The molecular formula is C17H34N4. The predicted octanol–water partition coefficient (Wildman–Crippen LogP) is 2.46. The second-order valence-electron chi connectivity index (χ2n) is 6.63. The molecule has 0 aromatic rings. The fourth-order valence-corrected chi connectivity index (χ4v) is 3.23. The van der Waals surface area contributed by atoms with Crippen LogP contribution >= 0.6 is 0 Å². The molecule has 0 saturated carbocycles. The van der Waals surface area contributed by atoms with E-state index >= 15 is 0 Å². The van der Waals surface area contributed by atoms with E-state index in [1.54, 1.807) is 0 Å². The van der Waals surface area contributed by atoms with Crippen LogP contribution in [0.4, 0.5) is 0 Å². The van der Waals surface area contributed by atoms with Crippen molar-refractivity contribution in [1.82, 2.24) is 15.1 Å². The van der Waals surface area contributed by atoms with Crippen molar-refractivity contribution in [2.45, 2.75) is 65.0 Å². The van der Waals surface area contributed by atoms with Crippen LogP contribution in [-0.4, -0.2) is 60.6 Å². The molecule has 0 aliphatic carbocycles. The van der Waals surface area contributed by atoms with E-state index in [1.807, 2.05) is 0 Å². The van der Waals surface area contributed by atoms with Gasteiger partial charge < -0.3 is 9.80 Å². The fourth-order valence-electron chi connectivity index (χ4n) is 3.23. The van der Waals surface area contributed by atoms with E-state index in [9.17, 15) is 5.26 Å². The summed E-state index contributed by atoms with van der Waals surface area (Å²) in [5, 5.41) is 13.0. The third kappa shape index (κ3) is 6.34. The highest BCUT2D eigenvalue weighted by Crippen LogP contribution is 2.18. The van der Waals surface area contributed by atoms with Gasteiger partial charge in [0.25, 0.3) is 0 Å². The molecule has 4 heteroatoms. The molecule has 0 spiro atoms. The summed E-state index contributed by atoms with van der Waals surface area (Å²) in [5.74, 6) is 0. The molecule has 1 aliphatic heterocycles. The van der Waals surface area contributed by atoms with Crippen molar-refractivity contribution in [2.24, 2.45) is 0 Å². The van der Waals surface area contributed by atoms with Crippen LogP contribution in [-0.2, 0) is 0 Å². The molecule has 122 valence electrons. The average molecular weight is 294 g/mol. The quantitative estimate of drug-likeness (QED) is 0.709. The zero-order chi connectivity index (χ0) is 15.7. The van der Waals surface area contributed by atoms with Gasteiger partial charge in [0.15, 0.2) is 0 Å². The smallest absolute Gasteiger partial charge is 0.106 e. The van der Waals surface area contributed by atoms with Crippen LogP contribution in [0.3, 0.4) is 0 Å². The number of nitrogens with one attached hydrogen (secondary N) is 1. The zero-order valence-electron chi connectivity index (χ0n) is 14.5. The van der Waals surface area contributed by atoms with Gasteiger partial charge in [0.2, 0.25) is 0 Å². The highest BCUT2D eigenvalue weighted by atomic mass is 15.3. The van der Waals surface area contributed by atoms with E-state index in [0.717, 1.165) is 25.8 Å². The van der Waals surface area contributed by atoms with Crippen LogP contribution in [0.2, 0.25) is 0 Å². The highest BCUT2D eigenvalue weighted by Gasteiger charge is 2.28. The maximum Gasteiger partial charge on any atom is 0.106 e. The molecule has 21 heavy (non-hydrogen) atoms. The number of piperazine rings is 1. The van der Waals surface area contributed by atoms with Crippen LogP contribution in [0.1, 0.15) is 53.4 Å². The predicted molar refractivity (Wildman–Crippen MR) is 89.3 cm³/mol. The summed E-state index contributed by atoms with van der Waals surface area (Å²) >= 11 is 0. The molecule has 0 amide bonds. The molecule has 0 bridgehead atoms. The van der Waals surface area contributed by atoms with Crippen molar-refractivity contribution in [3.05, 3.63) is 0 Å². The van der Waals surface area contributed by atoms with Crippen molar-refractivity contribution in [3.8, 4) is 6.07 Å². The largest absolute Gasteiger partial charge is 0.301 e. The van der Waals surface area contributed by atoms with Crippen molar-refractivity contribution < 1.29 is 0 Å². The Kier molecular flexibility index (Phi) is 8.24. The molecule has 4 nitrogen and oxygen atoms in total. The molecule has 1 unspecified atom stereocenters. The molecule has 1 aliphatic rings. The van der Waals surface area contributed by atoms with Gasteiger partial charge >= 0.3 is 0 Å². The van der Waals surface area contributed by atoms with Crippen LogP contribution in [0, 0.1) is 11.3 Å². The Morgan fingerprint density at radius 1 is 1.10 bits per heavy atom. The van der Waals surface area contributed by atoms with Gasteiger partial charge in [0.05, 0.1) is 6.07 Å². The van der Waals surface area contributed by atoms with Gasteiger partial charge in [0.1, 0.15) is 5.54 Å². The van der Waals surface area contributed by atoms with Gasteiger partial charge in [-0.2, -0.15) is 5.26 Å². The first-order chi connectivity index (χ1) is 10.0. The van der Waals surface area contributed by atoms with E-state index in [-0.39, 0.29) is 5.54 Å². The molecule has 1 N–H and O–H groups in total. The number of rotatable bonds is 9. The minimum absolute atomic E-state index is 0.335. The summed E-state index contributed by atoms with van der Waals surface area (Å²) in [6.07, 6.45) is 4.19. The van der Waals surface area contributed by atoms with Crippen molar-refractivity contribution in [1.29, 1.82) is 5.26 Å². The molecule has 1 saturated heterocycles. The fraction of sp³-hybridized carbons (Fsp3) is 0.941. The maximum atomic E-state index is 9.52. The standard InChI is InChI=1S/C17H34N4/c1-5-9-20-11-13-21(14-12-20)10-7-8-17(6-2,15-18)19-16(3)4/h16,19H,5-14H2,1-4H3. The number of nitrogens with zero attached hydrogens (tertiary/aromatic N) is 3. The van der Waals surface area contributed by atoms with Gasteiger partial charge in [-0.05, 0) is 52.6 Å². The molecule has 1 heterocycles. The Bertz CT molecular complexity index is 315. The third-order valence-corrected chi connectivity index (χ3v) is 4.47. The molecule has 0 aromatic carbocycles. The Morgan fingerprint density at radius 3 is 2.10 bits per heavy atom. The lowest BCUT2D eigenvalue weighted by molar-refractivity contribution is 0.128. The second-order valence-corrected chi connectivity index (χ2v) is 6.63. The molecule has 1 fully saturated rings. The lowest BCUT2D eigenvalue weighted by Gasteiger charge is -2.35. The molecule has 1 rings (SSSR count). The topological polar surface area (TPSA) is 42.3 Å². The number of nitriles is 1. The number of hydrogen-bond donors (Lipinski definition) is 1. The molecule has 0 aromatic heterocycles. The SMILES string of the molecule is CCCN1CCN(CCCC(C#N)(CC)NC(C)C)CC1. The van der Waals surface area contributed by atoms with Crippen molar-refractivity contribution in [3.63, 3.8) is 0 Å². The van der Waals surface area contributed by atoms with E-state index in [2.05, 4.69) is 48.9 Å². The van der Waals surface area contributed by atoms with Crippen LogP contribution in [0.25, 0.3) is 0 Å². The first-order valence-corrected chi connectivity index (χ1v) is 8.69. The summed E-state index contributed by atoms with van der Waals surface area (Å²) in [5.41, 5.74) is -0.335. The normalized spacial score (nSPS) is 20.4. The summed E-state index contributed by atoms with van der Waals surface area (Å²) in [6, 6.07) is 2.88. The van der Waals surface area contributed by atoms with Crippen LogP contribution in [0.15, 0.2) is 0 Å². The summed E-state index contributed by atoms with van der Waals surface area (Å²) in [4.78, 5) is 5.11. The van der Waals surface area contributed by atoms with Gasteiger partial charge in [-0.15, -0.1) is 0 Å². The molecular weight excluding hydrogens is 260 g/mol.